The molecule has 5 nitrogen and oxygen atoms in total. The Labute approximate surface area is 128 Å². The Kier molecular flexibility index (Phi) is 4.85. The standard InChI is InChI=1S/C17H20O5/c1-5-15(21-11(4)18)14-9-17(19)22-16-7-6-12(8-13(14)16)20-10(2)3/h6-10,15H,5H2,1-4H3. The predicted octanol–water partition coefficient (Wildman–Crippen LogP) is 3.59. The fourth-order valence-electron chi connectivity index (χ4n) is 2.35. The molecule has 0 N–H and O–H groups in total. The lowest BCUT2D eigenvalue weighted by Gasteiger charge is -2.17. The van der Waals surface area contributed by atoms with E-state index in [9.17, 15) is 9.59 Å². The first-order valence-electron chi connectivity index (χ1n) is 7.32. The lowest BCUT2D eigenvalue weighted by atomic mass is 10.0. The summed E-state index contributed by atoms with van der Waals surface area (Å²) in [6.07, 6.45) is 0.110. The maximum Gasteiger partial charge on any atom is 0.336 e. The van der Waals surface area contributed by atoms with Gasteiger partial charge in [-0.25, -0.2) is 4.79 Å². The van der Waals surface area contributed by atoms with Gasteiger partial charge in [-0.3, -0.25) is 4.79 Å². The highest BCUT2D eigenvalue weighted by molar-refractivity contribution is 5.82. The van der Waals surface area contributed by atoms with Crippen LogP contribution >= 0.6 is 0 Å². The van der Waals surface area contributed by atoms with Crippen LogP contribution in [0.2, 0.25) is 0 Å². The summed E-state index contributed by atoms with van der Waals surface area (Å²) in [4.78, 5) is 23.0. The van der Waals surface area contributed by atoms with Crippen LogP contribution in [0, 0.1) is 0 Å². The van der Waals surface area contributed by atoms with Gasteiger partial charge in [0.15, 0.2) is 0 Å². The molecule has 1 heterocycles. The minimum absolute atomic E-state index is 0.0343. The topological polar surface area (TPSA) is 65.7 Å². The highest BCUT2D eigenvalue weighted by Crippen LogP contribution is 2.30. The summed E-state index contributed by atoms with van der Waals surface area (Å²) in [5.74, 6) is 0.290. The number of esters is 1. The smallest absolute Gasteiger partial charge is 0.336 e. The highest BCUT2D eigenvalue weighted by Gasteiger charge is 2.18. The van der Waals surface area contributed by atoms with Crippen LogP contribution in [0.15, 0.2) is 33.5 Å². The van der Waals surface area contributed by atoms with Crippen LogP contribution in [0.25, 0.3) is 11.0 Å². The third kappa shape index (κ3) is 3.67. The Bertz CT molecular complexity index is 729. The van der Waals surface area contributed by atoms with Gasteiger partial charge in [0.25, 0.3) is 0 Å². The van der Waals surface area contributed by atoms with E-state index in [-0.39, 0.29) is 12.1 Å². The zero-order valence-electron chi connectivity index (χ0n) is 13.2. The molecular formula is C17H20O5. The summed E-state index contributed by atoms with van der Waals surface area (Å²) in [6.45, 7) is 7.11. The minimum Gasteiger partial charge on any atom is -0.491 e. The van der Waals surface area contributed by atoms with E-state index in [1.807, 2.05) is 20.8 Å². The second kappa shape index (κ2) is 6.64. The molecule has 0 bridgehead atoms. The molecule has 1 atom stereocenters. The molecule has 0 aliphatic heterocycles. The Morgan fingerprint density at radius 1 is 1.27 bits per heavy atom. The molecule has 0 spiro atoms. The average Bonchev–Trinajstić information content (AvgIpc) is 2.43. The third-order valence-corrected chi connectivity index (χ3v) is 3.14. The van der Waals surface area contributed by atoms with Crippen molar-refractivity contribution < 1.29 is 18.7 Å². The van der Waals surface area contributed by atoms with Crippen molar-refractivity contribution in [2.45, 2.75) is 46.3 Å². The number of ether oxygens (including phenoxy) is 2. The van der Waals surface area contributed by atoms with Crippen LogP contribution < -0.4 is 10.4 Å². The van der Waals surface area contributed by atoms with Gasteiger partial charge in [-0.1, -0.05) is 6.92 Å². The fourth-order valence-corrected chi connectivity index (χ4v) is 2.35. The molecule has 1 aromatic heterocycles. The molecule has 0 saturated carbocycles. The maximum atomic E-state index is 11.7. The van der Waals surface area contributed by atoms with Gasteiger partial charge in [-0.2, -0.15) is 0 Å². The molecule has 0 saturated heterocycles. The molecule has 0 radical (unpaired) electrons. The first-order valence-corrected chi connectivity index (χ1v) is 7.32. The van der Waals surface area contributed by atoms with E-state index < -0.39 is 11.7 Å². The van der Waals surface area contributed by atoms with E-state index in [1.54, 1.807) is 18.2 Å². The monoisotopic (exact) mass is 304 g/mol. The van der Waals surface area contributed by atoms with Gasteiger partial charge in [0.05, 0.1) is 6.10 Å². The van der Waals surface area contributed by atoms with Gasteiger partial charge >= 0.3 is 11.6 Å². The molecule has 1 unspecified atom stereocenters. The van der Waals surface area contributed by atoms with Gasteiger partial charge in [0.1, 0.15) is 17.4 Å². The number of carbonyl (C=O) groups is 1. The maximum absolute atomic E-state index is 11.7. The van der Waals surface area contributed by atoms with Gasteiger partial charge in [0, 0.05) is 23.9 Å². The minimum atomic E-state index is -0.488. The fraction of sp³-hybridized carbons (Fsp3) is 0.412. The van der Waals surface area contributed by atoms with E-state index in [2.05, 4.69) is 0 Å². The van der Waals surface area contributed by atoms with Crippen molar-refractivity contribution in [1.29, 1.82) is 0 Å². The first kappa shape index (κ1) is 16.1. The quantitative estimate of drug-likeness (QED) is 0.624. The van der Waals surface area contributed by atoms with E-state index in [4.69, 9.17) is 13.9 Å². The molecule has 0 aliphatic rings. The van der Waals surface area contributed by atoms with Crippen LogP contribution in [0.5, 0.6) is 5.75 Å². The van der Waals surface area contributed by atoms with E-state index in [0.717, 1.165) is 0 Å². The van der Waals surface area contributed by atoms with E-state index >= 15 is 0 Å². The van der Waals surface area contributed by atoms with Gasteiger partial charge in [0.2, 0.25) is 0 Å². The summed E-state index contributed by atoms with van der Waals surface area (Å²) < 4.78 is 16.2. The second-order valence-corrected chi connectivity index (χ2v) is 5.35. The van der Waals surface area contributed by atoms with Crippen LogP contribution in [0.1, 0.15) is 45.8 Å². The van der Waals surface area contributed by atoms with Gasteiger partial charge in [-0.05, 0) is 38.5 Å². The van der Waals surface area contributed by atoms with Crippen molar-refractivity contribution in [2.75, 3.05) is 0 Å². The number of hydrogen-bond acceptors (Lipinski definition) is 5. The molecule has 0 amide bonds. The number of hydrogen-bond donors (Lipinski definition) is 0. The van der Waals surface area contributed by atoms with E-state index in [1.165, 1.54) is 13.0 Å². The molecular weight excluding hydrogens is 284 g/mol. The van der Waals surface area contributed by atoms with Crippen LogP contribution in [-0.4, -0.2) is 12.1 Å². The predicted molar refractivity (Wildman–Crippen MR) is 83.0 cm³/mol. The van der Waals surface area contributed by atoms with E-state index in [0.29, 0.717) is 28.7 Å². The zero-order chi connectivity index (χ0) is 16.3. The summed E-state index contributed by atoms with van der Waals surface area (Å²) in [6, 6.07) is 6.62. The lowest BCUT2D eigenvalue weighted by molar-refractivity contribution is -0.146. The van der Waals surface area contributed by atoms with Gasteiger partial charge < -0.3 is 13.9 Å². The average molecular weight is 304 g/mol. The molecule has 5 heteroatoms. The summed E-state index contributed by atoms with van der Waals surface area (Å²) in [5, 5.41) is 0.714. The number of carbonyl (C=O) groups excluding carboxylic acids is 1. The molecule has 1 aromatic carbocycles. The zero-order valence-corrected chi connectivity index (χ0v) is 13.2. The molecule has 0 fully saturated rings. The summed E-state index contributed by atoms with van der Waals surface area (Å²) in [5.41, 5.74) is 0.619. The van der Waals surface area contributed by atoms with Crippen molar-refractivity contribution in [3.63, 3.8) is 0 Å². The lowest BCUT2D eigenvalue weighted by Crippen LogP contribution is -2.11. The SMILES string of the molecule is CCC(OC(C)=O)c1cc(=O)oc2ccc(OC(C)C)cc12. The van der Waals surface area contributed by atoms with Crippen molar-refractivity contribution in [3.8, 4) is 5.75 Å². The van der Waals surface area contributed by atoms with Crippen LogP contribution in [-0.2, 0) is 9.53 Å². The van der Waals surface area contributed by atoms with Crippen molar-refractivity contribution >= 4 is 16.9 Å². The number of benzene rings is 1. The molecule has 0 aliphatic carbocycles. The largest absolute Gasteiger partial charge is 0.491 e. The molecule has 2 rings (SSSR count). The molecule has 22 heavy (non-hydrogen) atoms. The number of rotatable bonds is 5. The summed E-state index contributed by atoms with van der Waals surface area (Å²) >= 11 is 0. The second-order valence-electron chi connectivity index (χ2n) is 5.35. The number of fused-ring (bicyclic) bond motifs is 1. The van der Waals surface area contributed by atoms with Gasteiger partial charge in [-0.15, -0.1) is 0 Å². The summed E-state index contributed by atoms with van der Waals surface area (Å²) in [7, 11) is 0. The Morgan fingerprint density at radius 2 is 2.00 bits per heavy atom. The normalized spacial score (nSPS) is 12.4. The highest BCUT2D eigenvalue weighted by atomic mass is 16.5. The van der Waals surface area contributed by atoms with Crippen LogP contribution in [0.3, 0.4) is 0 Å². The van der Waals surface area contributed by atoms with Crippen molar-refractivity contribution in [2.24, 2.45) is 0 Å². The first-order chi connectivity index (χ1) is 10.4. The third-order valence-electron chi connectivity index (χ3n) is 3.14. The molecule has 118 valence electrons. The van der Waals surface area contributed by atoms with Crippen molar-refractivity contribution in [1.82, 2.24) is 0 Å². The van der Waals surface area contributed by atoms with Crippen molar-refractivity contribution in [3.05, 3.63) is 40.2 Å². The Balaban J connectivity index is 2.59. The molecule has 2 aromatic rings. The van der Waals surface area contributed by atoms with Crippen LogP contribution in [0.4, 0.5) is 0 Å². The Morgan fingerprint density at radius 3 is 2.59 bits per heavy atom. The Hall–Kier alpha value is -2.30.